The monoisotopic (exact) mass is 253 g/mol. The molecular weight excluding hydrogens is 234 g/mol. The number of thiophene rings is 1. The number of amides is 1. The van der Waals surface area contributed by atoms with Gasteiger partial charge in [-0.3, -0.25) is 4.79 Å². The van der Waals surface area contributed by atoms with Crippen LogP contribution in [0.4, 0.5) is 0 Å². The average molecular weight is 253 g/mol. The van der Waals surface area contributed by atoms with Gasteiger partial charge in [-0.25, -0.2) is 0 Å². The van der Waals surface area contributed by atoms with Crippen LogP contribution in [0.2, 0.25) is 0 Å². The van der Waals surface area contributed by atoms with E-state index in [9.17, 15) is 4.79 Å². The summed E-state index contributed by atoms with van der Waals surface area (Å²) in [6.07, 6.45) is 2.40. The van der Waals surface area contributed by atoms with Crippen LogP contribution in [0.5, 0.6) is 0 Å². The molecular formula is C12H19N3OS. The fourth-order valence-electron chi connectivity index (χ4n) is 2.06. The second-order valence-electron chi connectivity index (χ2n) is 4.62. The number of carbonyl (C=O) groups is 1. The number of nitrogens with two attached hydrogens (primary N) is 1. The molecule has 0 spiro atoms. The molecule has 0 radical (unpaired) electrons. The summed E-state index contributed by atoms with van der Waals surface area (Å²) in [6.45, 7) is 3.16. The Morgan fingerprint density at radius 2 is 2.29 bits per heavy atom. The number of likely N-dealkylation sites (tertiary alicyclic amines) is 1. The zero-order chi connectivity index (χ0) is 12.3. The molecule has 0 bridgehead atoms. The Morgan fingerprint density at radius 1 is 1.59 bits per heavy atom. The van der Waals surface area contributed by atoms with Crippen molar-refractivity contribution in [2.24, 2.45) is 5.73 Å². The smallest absolute Gasteiger partial charge is 0.249 e. The van der Waals surface area contributed by atoms with Gasteiger partial charge in [-0.15, -0.1) is 11.3 Å². The molecule has 0 unspecified atom stereocenters. The number of carbonyl (C=O) groups excluding carboxylic acids is 1. The molecule has 0 aliphatic carbocycles. The highest BCUT2D eigenvalue weighted by atomic mass is 32.1. The van der Waals surface area contributed by atoms with Crippen molar-refractivity contribution in [2.75, 3.05) is 20.1 Å². The molecule has 5 heteroatoms. The van der Waals surface area contributed by atoms with Gasteiger partial charge >= 0.3 is 0 Å². The second kappa shape index (κ2) is 5.62. The molecule has 0 saturated carbocycles. The minimum atomic E-state index is -0.341. The molecule has 1 aromatic rings. The second-order valence-corrected chi connectivity index (χ2v) is 5.62. The normalized spacial score (nSPS) is 18.4. The van der Waals surface area contributed by atoms with Crippen LogP contribution in [0, 0.1) is 0 Å². The van der Waals surface area contributed by atoms with Crippen LogP contribution in [0.1, 0.15) is 28.1 Å². The Kier molecular flexibility index (Phi) is 4.15. The molecule has 17 heavy (non-hydrogen) atoms. The SMILES string of the molecule is CN1CCC(NCc2cc(C(N)=O)cs2)CC1. The van der Waals surface area contributed by atoms with Crippen molar-refractivity contribution in [1.82, 2.24) is 10.2 Å². The van der Waals surface area contributed by atoms with Crippen LogP contribution in [-0.4, -0.2) is 37.0 Å². The van der Waals surface area contributed by atoms with Crippen molar-refractivity contribution < 1.29 is 4.79 Å². The van der Waals surface area contributed by atoms with Crippen molar-refractivity contribution in [1.29, 1.82) is 0 Å². The first-order chi connectivity index (χ1) is 8.15. The van der Waals surface area contributed by atoms with E-state index in [-0.39, 0.29) is 5.91 Å². The number of primary amides is 1. The standard InChI is InChI=1S/C12H19N3OS/c1-15-4-2-10(3-5-15)14-7-11-6-9(8-17-11)12(13)16/h6,8,10,14H,2-5,7H2,1H3,(H2,13,16). The van der Waals surface area contributed by atoms with Gasteiger partial charge in [0.1, 0.15) is 0 Å². The van der Waals surface area contributed by atoms with E-state index in [1.807, 2.05) is 11.4 Å². The maximum atomic E-state index is 11.0. The Morgan fingerprint density at radius 3 is 2.88 bits per heavy atom. The van der Waals surface area contributed by atoms with E-state index >= 15 is 0 Å². The highest BCUT2D eigenvalue weighted by Gasteiger charge is 2.16. The number of hydrogen-bond donors (Lipinski definition) is 2. The maximum Gasteiger partial charge on any atom is 0.249 e. The molecule has 1 fully saturated rings. The lowest BCUT2D eigenvalue weighted by atomic mass is 10.1. The Bertz CT molecular complexity index is 383. The van der Waals surface area contributed by atoms with E-state index < -0.39 is 0 Å². The third-order valence-corrected chi connectivity index (χ3v) is 4.16. The summed E-state index contributed by atoms with van der Waals surface area (Å²) >= 11 is 1.59. The van der Waals surface area contributed by atoms with Gasteiger partial charge in [0, 0.05) is 22.8 Å². The molecule has 2 heterocycles. The Balaban J connectivity index is 1.79. The number of piperidine rings is 1. The predicted octanol–water partition coefficient (Wildman–Crippen LogP) is 1.03. The third kappa shape index (κ3) is 3.52. The topological polar surface area (TPSA) is 58.4 Å². The fourth-order valence-corrected chi connectivity index (χ4v) is 2.88. The van der Waals surface area contributed by atoms with Crippen molar-refractivity contribution in [3.63, 3.8) is 0 Å². The van der Waals surface area contributed by atoms with E-state index in [0.29, 0.717) is 11.6 Å². The lowest BCUT2D eigenvalue weighted by molar-refractivity contribution is 0.100. The molecule has 94 valence electrons. The van der Waals surface area contributed by atoms with Gasteiger partial charge < -0.3 is 16.0 Å². The van der Waals surface area contributed by atoms with Crippen molar-refractivity contribution >= 4 is 17.2 Å². The van der Waals surface area contributed by atoms with Gasteiger partial charge in [-0.2, -0.15) is 0 Å². The first-order valence-electron chi connectivity index (χ1n) is 5.94. The number of nitrogens with one attached hydrogen (secondary N) is 1. The van der Waals surface area contributed by atoms with Gasteiger partial charge in [0.05, 0.1) is 5.56 Å². The lowest BCUT2D eigenvalue weighted by Crippen LogP contribution is -2.40. The van der Waals surface area contributed by atoms with Crippen LogP contribution in [-0.2, 0) is 6.54 Å². The van der Waals surface area contributed by atoms with Crippen LogP contribution in [0.25, 0.3) is 0 Å². The summed E-state index contributed by atoms with van der Waals surface area (Å²) in [5.74, 6) is -0.341. The van der Waals surface area contributed by atoms with E-state index in [2.05, 4.69) is 17.3 Å². The number of nitrogens with zero attached hydrogens (tertiary/aromatic N) is 1. The lowest BCUT2D eigenvalue weighted by Gasteiger charge is -2.29. The van der Waals surface area contributed by atoms with Gasteiger partial charge in [-0.05, 0) is 39.0 Å². The van der Waals surface area contributed by atoms with Crippen LogP contribution >= 0.6 is 11.3 Å². The first kappa shape index (κ1) is 12.5. The zero-order valence-electron chi connectivity index (χ0n) is 10.1. The van der Waals surface area contributed by atoms with Crippen molar-refractivity contribution in [3.8, 4) is 0 Å². The molecule has 0 atom stereocenters. The summed E-state index contributed by atoms with van der Waals surface area (Å²) in [7, 11) is 2.16. The maximum absolute atomic E-state index is 11.0. The summed E-state index contributed by atoms with van der Waals surface area (Å²) < 4.78 is 0. The van der Waals surface area contributed by atoms with E-state index in [4.69, 9.17) is 5.73 Å². The molecule has 2 rings (SSSR count). The highest BCUT2D eigenvalue weighted by Crippen LogP contribution is 2.15. The van der Waals surface area contributed by atoms with Crippen molar-refractivity contribution in [2.45, 2.75) is 25.4 Å². The van der Waals surface area contributed by atoms with E-state index in [1.54, 1.807) is 11.3 Å². The van der Waals surface area contributed by atoms with Crippen LogP contribution in [0.3, 0.4) is 0 Å². The van der Waals surface area contributed by atoms with Crippen LogP contribution < -0.4 is 11.1 Å². The number of hydrogen-bond acceptors (Lipinski definition) is 4. The molecule has 1 amide bonds. The molecule has 1 saturated heterocycles. The van der Waals surface area contributed by atoms with Gasteiger partial charge in [0.15, 0.2) is 0 Å². The fraction of sp³-hybridized carbons (Fsp3) is 0.583. The van der Waals surface area contributed by atoms with Gasteiger partial charge in [0.25, 0.3) is 0 Å². The van der Waals surface area contributed by atoms with E-state index in [0.717, 1.165) is 19.6 Å². The largest absolute Gasteiger partial charge is 0.366 e. The first-order valence-corrected chi connectivity index (χ1v) is 6.82. The van der Waals surface area contributed by atoms with E-state index in [1.165, 1.54) is 17.7 Å². The van der Waals surface area contributed by atoms with Crippen molar-refractivity contribution in [3.05, 3.63) is 21.9 Å². The Hall–Kier alpha value is -0.910. The quantitative estimate of drug-likeness (QED) is 0.842. The highest BCUT2D eigenvalue weighted by molar-refractivity contribution is 7.10. The number of rotatable bonds is 4. The summed E-state index contributed by atoms with van der Waals surface area (Å²) in [6, 6.07) is 2.49. The summed E-state index contributed by atoms with van der Waals surface area (Å²) in [4.78, 5) is 14.5. The van der Waals surface area contributed by atoms with Gasteiger partial charge in [0.2, 0.25) is 5.91 Å². The molecule has 1 aliphatic rings. The summed E-state index contributed by atoms with van der Waals surface area (Å²) in [5, 5.41) is 5.37. The molecule has 3 N–H and O–H groups in total. The molecule has 4 nitrogen and oxygen atoms in total. The molecule has 0 aromatic carbocycles. The van der Waals surface area contributed by atoms with Gasteiger partial charge in [-0.1, -0.05) is 0 Å². The zero-order valence-corrected chi connectivity index (χ0v) is 10.9. The van der Waals surface area contributed by atoms with Crippen LogP contribution in [0.15, 0.2) is 11.4 Å². The minimum absolute atomic E-state index is 0.341. The molecule has 1 aliphatic heterocycles. The Labute approximate surface area is 106 Å². The predicted molar refractivity (Wildman–Crippen MR) is 70.2 cm³/mol. The third-order valence-electron chi connectivity index (χ3n) is 3.22. The minimum Gasteiger partial charge on any atom is -0.366 e. The summed E-state index contributed by atoms with van der Waals surface area (Å²) in [5.41, 5.74) is 5.84. The average Bonchev–Trinajstić information content (AvgIpc) is 2.77. The molecule has 1 aromatic heterocycles.